The predicted molar refractivity (Wildman–Crippen MR) is 70.2 cm³/mol. The molecule has 16 heavy (non-hydrogen) atoms. The third kappa shape index (κ3) is 3.14. The van der Waals surface area contributed by atoms with Crippen molar-refractivity contribution in [2.24, 2.45) is 0 Å². The Labute approximate surface area is 102 Å². The highest BCUT2D eigenvalue weighted by atomic mass is 32.1. The maximum atomic E-state index is 10.0. The summed E-state index contributed by atoms with van der Waals surface area (Å²) in [5.74, 6) is 0.558. The quantitative estimate of drug-likeness (QED) is 0.684. The van der Waals surface area contributed by atoms with E-state index in [1.165, 1.54) is 0 Å². The van der Waals surface area contributed by atoms with Crippen molar-refractivity contribution in [3.05, 3.63) is 29.8 Å². The highest BCUT2D eigenvalue weighted by molar-refractivity contribution is 7.80. The molecule has 0 bridgehead atoms. The highest BCUT2D eigenvalue weighted by Gasteiger charge is 2.20. The summed E-state index contributed by atoms with van der Waals surface area (Å²) in [6.07, 6.45) is -1.14. The van der Waals surface area contributed by atoms with E-state index in [4.69, 9.17) is 0 Å². The average Bonchev–Trinajstić information content (AvgIpc) is 2.28. The molecule has 0 saturated carbocycles. The second-order valence-corrected chi connectivity index (χ2v) is 4.42. The van der Waals surface area contributed by atoms with Gasteiger partial charge < -0.3 is 15.1 Å². The van der Waals surface area contributed by atoms with Crippen LogP contribution in [0.3, 0.4) is 0 Å². The van der Waals surface area contributed by atoms with Gasteiger partial charge >= 0.3 is 0 Å². The number of aliphatic hydroxyl groups is 2. The molecule has 0 aromatic heterocycles. The number of benzene rings is 1. The summed E-state index contributed by atoms with van der Waals surface area (Å²) < 4.78 is 0. The molecule has 0 amide bonds. The van der Waals surface area contributed by atoms with Gasteiger partial charge in [0.15, 0.2) is 0 Å². The molecule has 0 heterocycles. The van der Waals surface area contributed by atoms with Crippen LogP contribution in [0.2, 0.25) is 0 Å². The summed E-state index contributed by atoms with van der Waals surface area (Å²) in [4.78, 5) is 1.92. The van der Waals surface area contributed by atoms with Gasteiger partial charge in [-0.05, 0) is 18.2 Å². The zero-order chi connectivity index (χ0) is 12.1. The number of rotatable bonds is 5. The van der Waals surface area contributed by atoms with Crippen LogP contribution in [0.4, 0.5) is 5.69 Å². The molecule has 2 N–H and O–H groups in total. The van der Waals surface area contributed by atoms with Crippen molar-refractivity contribution < 1.29 is 10.2 Å². The van der Waals surface area contributed by atoms with Crippen molar-refractivity contribution in [3.8, 4) is 0 Å². The normalized spacial score (nSPS) is 14.6. The Kier molecular flexibility index (Phi) is 5.12. The molecular weight excluding hydrogens is 222 g/mol. The van der Waals surface area contributed by atoms with Crippen molar-refractivity contribution in [2.45, 2.75) is 18.6 Å². The Morgan fingerprint density at radius 2 is 1.88 bits per heavy atom. The standard InChI is InChI=1S/C12H19NO2S/c1-13(2)10-6-4-3-5-9(10)12(15)11(14)7-8-16/h3-6,11-12,14-16H,7-8H2,1-2H3. The van der Waals surface area contributed by atoms with E-state index < -0.39 is 12.2 Å². The fourth-order valence-electron chi connectivity index (χ4n) is 1.64. The van der Waals surface area contributed by atoms with Crippen LogP contribution in [0.15, 0.2) is 24.3 Å². The van der Waals surface area contributed by atoms with Gasteiger partial charge in [-0.3, -0.25) is 0 Å². The molecule has 4 heteroatoms. The molecule has 0 saturated heterocycles. The number of para-hydroxylation sites is 1. The summed E-state index contributed by atoms with van der Waals surface area (Å²) in [6.45, 7) is 0. The fraction of sp³-hybridized carbons (Fsp3) is 0.500. The van der Waals surface area contributed by atoms with Gasteiger partial charge in [0.2, 0.25) is 0 Å². The first-order valence-electron chi connectivity index (χ1n) is 5.31. The monoisotopic (exact) mass is 241 g/mol. The maximum absolute atomic E-state index is 10.0. The Balaban J connectivity index is 2.93. The lowest BCUT2D eigenvalue weighted by atomic mass is 10.0. The highest BCUT2D eigenvalue weighted by Crippen LogP contribution is 2.28. The van der Waals surface area contributed by atoms with E-state index in [0.29, 0.717) is 12.2 Å². The van der Waals surface area contributed by atoms with Gasteiger partial charge in [0.1, 0.15) is 6.10 Å². The van der Waals surface area contributed by atoms with Crippen molar-refractivity contribution in [1.29, 1.82) is 0 Å². The molecule has 0 fully saturated rings. The fourth-order valence-corrected chi connectivity index (χ4v) is 1.91. The van der Waals surface area contributed by atoms with Crippen LogP contribution in [0.25, 0.3) is 0 Å². The molecule has 1 aromatic carbocycles. The first kappa shape index (κ1) is 13.4. The third-order valence-corrected chi connectivity index (χ3v) is 2.78. The smallest absolute Gasteiger partial charge is 0.107 e. The van der Waals surface area contributed by atoms with Gasteiger partial charge in [0.25, 0.3) is 0 Å². The summed E-state index contributed by atoms with van der Waals surface area (Å²) >= 11 is 4.05. The van der Waals surface area contributed by atoms with E-state index >= 15 is 0 Å². The second kappa shape index (κ2) is 6.13. The van der Waals surface area contributed by atoms with Gasteiger partial charge in [-0.2, -0.15) is 12.6 Å². The molecule has 2 unspecified atom stereocenters. The largest absolute Gasteiger partial charge is 0.390 e. The minimum Gasteiger partial charge on any atom is -0.390 e. The summed E-state index contributed by atoms with van der Waals surface area (Å²) in [5, 5.41) is 19.8. The van der Waals surface area contributed by atoms with E-state index in [2.05, 4.69) is 12.6 Å². The lowest BCUT2D eigenvalue weighted by Crippen LogP contribution is -2.21. The Morgan fingerprint density at radius 1 is 1.25 bits per heavy atom. The van der Waals surface area contributed by atoms with Gasteiger partial charge in [0, 0.05) is 25.3 Å². The van der Waals surface area contributed by atoms with Crippen LogP contribution in [0.5, 0.6) is 0 Å². The minimum atomic E-state index is -0.856. The minimum absolute atomic E-state index is 0.478. The van der Waals surface area contributed by atoms with Crippen LogP contribution in [-0.2, 0) is 0 Å². The van der Waals surface area contributed by atoms with Crippen molar-refractivity contribution >= 4 is 18.3 Å². The number of hydrogen-bond donors (Lipinski definition) is 3. The zero-order valence-electron chi connectivity index (χ0n) is 9.67. The molecule has 0 radical (unpaired) electrons. The van der Waals surface area contributed by atoms with E-state index in [0.717, 1.165) is 11.3 Å². The third-order valence-electron chi connectivity index (χ3n) is 2.53. The summed E-state index contributed by atoms with van der Waals surface area (Å²) in [5.41, 5.74) is 1.68. The van der Waals surface area contributed by atoms with Gasteiger partial charge in [-0.15, -0.1) is 0 Å². The van der Waals surface area contributed by atoms with Crippen molar-refractivity contribution in [2.75, 3.05) is 24.7 Å². The Hall–Kier alpha value is -0.710. The molecule has 3 nitrogen and oxygen atoms in total. The van der Waals surface area contributed by atoms with E-state index in [-0.39, 0.29) is 0 Å². The molecule has 0 aliphatic carbocycles. The number of hydrogen-bond acceptors (Lipinski definition) is 4. The maximum Gasteiger partial charge on any atom is 0.107 e. The zero-order valence-corrected chi connectivity index (χ0v) is 10.6. The van der Waals surface area contributed by atoms with E-state index in [1.54, 1.807) is 0 Å². The second-order valence-electron chi connectivity index (χ2n) is 3.98. The summed E-state index contributed by atoms with van der Waals surface area (Å²) in [6, 6.07) is 7.53. The average molecular weight is 241 g/mol. The summed E-state index contributed by atoms with van der Waals surface area (Å²) in [7, 11) is 3.83. The molecular formula is C12H19NO2S. The number of nitrogens with zero attached hydrogens (tertiary/aromatic N) is 1. The molecule has 0 spiro atoms. The number of aliphatic hydroxyl groups excluding tert-OH is 2. The molecule has 0 aliphatic heterocycles. The van der Waals surface area contributed by atoms with Gasteiger partial charge in [-0.1, -0.05) is 18.2 Å². The lowest BCUT2D eigenvalue weighted by Gasteiger charge is -2.23. The van der Waals surface area contributed by atoms with Crippen LogP contribution < -0.4 is 4.90 Å². The van der Waals surface area contributed by atoms with E-state index in [9.17, 15) is 10.2 Å². The molecule has 90 valence electrons. The number of thiol groups is 1. The SMILES string of the molecule is CN(C)c1ccccc1C(O)C(O)CCS. The van der Waals surface area contributed by atoms with Crippen LogP contribution >= 0.6 is 12.6 Å². The van der Waals surface area contributed by atoms with Gasteiger partial charge in [-0.25, -0.2) is 0 Å². The molecule has 0 aliphatic rings. The van der Waals surface area contributed by atoms with Gasteiger partial charge in [0.05, 0.1) is 6.10 Å². The molecule has 1 rings (SSSR count). The van der Waals surface area contributed by atoms with E-state index in [1.807, 2.05) is 43.3 Å². The first-order chi connectivity index (χ1) is 7.57. The van der Waals surface area contributed by atoms with Crippen LogP contribution in [0, 0.1) is 0 Å². The van der Waals surface area contributed by atoms with Crippen LogP contribution in [0.1, 0.15) is 18.1 Å². The number of anilines is 1. The molecule has 2 atom stereocenters. The van der Waals surface area contributed by atoms with Crippen molar-refractivity contribution in [1.82, 2.24) is 0 Å². The topological polar surface area (TPSA) is 43.7 Å². The van der Waals surface area contributed by atoms with Crippen molar-refractivity contribution in [3.63, 3.8) is 0 Å². The molecule has 1 aromatic rings. The first-order valence-corrected chi connectivity index (χ1v) is 5.94. The lowest BCUT2D eigenvalue weighted by molar-refractivity contribution is 0.0175. The Bertz CT molecular complexity index is 331. The van der Waals surface area contributed by atoms with Crippen LogP contribution in [-0.4, -0.2) is 36.2 Å². The Morgan fingerprint density at radius 3 is 2.44 bits per heavy atom. The predicted octanol–water partition coefficient (Wildman–Crippen LogP) is 1.47.